The van der Waals surface area contributed by atoms with Crippen molar-refractivity contribution in [3.8, 4) is 0 Å². The van der Waals surface area contributed by atoms with Crippen LogP contribution in [0.15, 0.2) is 30.3 Å². The summed E-state index contributed by atoms with van der Waals surface area (Å²) >= 11 is 0. The molecule has 1 rings (SSSR count). The van der Waals surface area contributed by atoms with Gasteiger partial charge in [0.25, 0.3) is 0 Å². The quantitative estimate of drug-likeness (QED) is 0.756. The Bertz CT molecular complexity index is 337. The molecule has 0 amide bonds. The van der Waals surface area contributed by atoms with Gasteiger partial charge in [-0.25, -0.2) is 4.79 Å². The number of esters is 1. The standard InChI is InChI=1S/C13H18O4/c1-3-17-11(12(14)13(15)16-2)9-10-7-5-4-6-8-10/h4-8,11-12,14H,3,9H2,1-2H3/t11-,12+/m1/s1. The van der Waals surface area contributed by atoms with Crippen molar-refractivity contribution in [3.05, 3.63) is 35.9 Å². The highest BCUT2D eigenvalue weighted by molar-refractivity contribution is 5.75. The van der Waals surface area contributed by atoms with Gasteiger partial charge in [-0.15, -0.1) is 0 Å². The van der Waals surface area contributed by atoms with Gasteiger partial charge in [0, 0.05) is 13.0 Å². The van der Waals surface area contributed by atoms with Gasteiger partial charge in [0.15, 0.2) is 6.10 Å². The molecular formula is C13H18O4. The first-order valence-corrected chi connectivity index (χ1v) is 5.60. The lowest BCUT2D eigenvalue weighted by atomic mass is 10.0. The zero-order chi connectivity index (χ0) is 12.7. The molecule has 1 aromatic rings. The van der Waals surface area contributed by atoms with E-state index in [1.165, 1.54) is 7.11 Å². The second-order valence-corrected chi connectivity index (χ2v) is 3.65. The Kier molecular flexibility index (Phi) is 5.66. The van der Waals surface area contributed by atoms with Crippen molar-refractivity contribution in [1.29, 1.82) is 0 Å². The minimum Gasteiger partial charge on any atom is -0.467 e. The SMILES string of the molecule is CCO[C@H](Cc1ccccc1)[C@H](O)C(=O)OC. The molecule has 0 heterocycles. The zero-order valence-electron chi connectivity index (χ0n) is 10.1. The van der Waals surface area contributed by atoms with E-state index in [9.17, 15) is 9.90 Å². The molecule has 0 spiro atoms. The molecule has 17 heavy (non-hydrogen) atoms. The van der Waals surface area contributed by atoms with Crippen molar-refractivity contribution < 1.29 is 19.4 Å². The molecule has 1 aromatic carbocycles. The second-order valence-electron chi connectivity index (χ2n) is 3.65. The number of carbonyl (C=O) groups is 1. The third kappa shape index (κ3) is 4.17. The molecule has 0 fully saturated rings. The molecule has 2 atom stereocenters. The topological polar surface area (TPSA) is 55.8 Å². The van der Waals surface area contributed by atoms with E-state index in [1.807, 2.05) is 37.3 Å². The summed E-state index contributed by atoms with van der Waals surface area (Å²) in [6.07, 6.45) is -1.35. The maximum Gasteiger partial charge on any atom is 0.337 e. The van der Waals surface area contributed by atoms with E-state index in [-0.39, 0.29) is 0 Å². The Hall–Kier alpha value is -1.39. The molecule has 4 heteroatoms. The first-order chi connectivity index (χ1) is 8.19. The van der Waals surface area contributed by atoms with Crippen LogP contribution in [0.25, 0.3) is 0 Å². The Balaban J connectivity index is 2.69. The van der Waals surface area contributed by atoms with Crippen LogP contribution in [0.1, 0.15) is 12.5 Å². The third-order valence-electron chi connectivity index (χ3n) is 2.46. The van der Waals surface area contributed by atoms with Crippen molar-refractivity contribution in [2.75, 3.05) is 13.7 Å². The lowest BCUT2D eigenvalue weighted by Crippen LogP contribution is -2.38. The van der Waals surface area contributed by atoms with Crippen molar-refractivity contribution in [1.82, 2.24) is 0 Å². The third-order valence-corrected chi connectivity index (χ3v) is 2.46. The Morgan fingerprint density at radius 3 is 2.53 bits per heavy atom. The number of benzene rings is 1. The molecule has 0 radical (unpaired) electrons. The average molecular weight is 238 g/mol. The van der Waals surface area contributed by atoms with Crippen molar-refractivity contribution in [2.45, 2.75) is 25.6 Å². The average Bonchev–Trinajstić information content (AvgIpc) is 2.37. The molecule has 4 nitrogen and oxygen atoms in total. The van der Waals surface area contributed by atoms with Gasteiger partial charge >= 0.3 is 5.97 Å². The second kappa shape index (κ2) is 7.04. The van der Waals surface area contributed by atoms with E-state index in [1.54, 1.807) is 0 Å². The molecule has 0 saturated heterocycles. The van der Waals surface area contributed by atoms with Crippen LogP contribution in [0.5, 0.6) is 0 Å². The zero-order valence-corrected chi connectivity index (χ0v) is 10.1. The number of rotatable bonds is 6. The lowest BCUT2D eigenvalue weighted by molar-refractivity contribution is -0.159. The predicted molar refractivity (Wildman–Crippen MR) is 63.6 cm³/mol. The monoisotopic (exact) mass is 238 g/mol. The van der Waals surface area contributed by atoms with Crippen molar-refractivity contribution >= 4 is 5.97 Å². The van der Waals surface area contributed by atoms with Crippen molar-refractivity contribution in [2.24, 2.45) is 0 Å². The summed E-state index contributed by atoms with van der Waals surface area (Å²) < 4.78 is 9.89. The van der Waals surface area contributed by atoms with Crippen LogP contribution in [0.3, 0.4) is 0 Å². The summed E-state index contributed by atoms with van der Waals surface area (Å²) in [4.78, 5) is 11.3. The van der Waals surface area contributed by atoms with Gasteiger partial charge in [0.05, 0.1) is 13.2 Å². The number of aliphatic hydroxyl groups is 1. The molecule has 94 valence electrons. The number of aliphatic hydroxyl groups excluding tert-OH is 1. The van der Waals surface area contributed by atoms with E-state index in [0.29, 0.717) is 13.0 Å². The summed E-state index contributed by atoms with van der Waals surface area (Å²) in [5.74, 6) is -0.667. The van der Waals surface area contributed by atoms with E-state index >= 15 is 0 Å². The maximum absolute atomic E-state index is 11.3. The minimum atomic E-state index is -1.25. The summed E-state index contributed by atoms with van der Waals surface area (Å²) in [5.41, 5.74) is 1.01. The Morgan fingerprint density at radius 1 is 1.35 bits per heavy atom. The number of methoxy groups -OCH3 is 1. The number of hydrogen-bond donors (Lipinski definition) is 1. The van der Waals surface area contributed by atoms with E-state index < -0.39 is 18.2 Å². The smallest absolute Gasteiger partial charge is 0.337 e. The van der Waals surface area contributed by atoms with Crippen LogP contribution in [-0.4, -0.2) is 37.0 Å². The largest absolute Gasteiger partial charge is 0.467 e. The van der Waals surface area contributed by atoms with Crippen molar-refractivity contribution in [3.63, 3.8) is 0 Å². The van der Waals surface area contributed by atoms with Gasteiger partial charge in [-0.3, -0.25) is 0 Å². The molecule has 0 aliphatic heterocycles. The fraction of sp³-hybridized carbons (Fsp3) is 0.462. The van der Waals surface area contributed by atoms with E-state index in [4.69, 9.17) is 4.74 Å². The number of carbonyl (C=O) groups excluding carboxylic acids is 1. The van der Waals surface area contributed by atoms with Crippen LogP contribution in [-0.2, 0) is 20.7 Å². The number of hydrogen-bond acceptors (Lipinski definition) is 4. The Labute approximate surface area is 101 Å². The highest BCUT2D eigenvalue weighted by atomic mass is 16.5. The summed E-state index contributed by atoms with van der Waals surface area (Å²) in [6.45, 7) is 2.26. The summed E-state index contributed by atoms with van der Waals surface area (Å²) in [5, 5.41) is 9.77. The normalized spacial score (nSPS) is 14.1. The maximum atomic E-state index is 11.3. The van der Waals surface area contributed by atoms with Crippen LogP contribution >= 0.6 is 0 Å². The highest BCUT2D eigenvalue weighted by Gasteiger charge is 2.27. The molecule has 0 aliphatic rings. The van der Waals surface area contributed by atoms with Gasteiger partial charge in [0.1, 0.15) is 0 Å². The van der Waals surface area contributed by atoms with Crippen LogP contribution in [0, 0.1) is 0 Å². The molecule has 0 aliphatic carbocycles. The Morgan fingerprint density at radius 2 is 2.00 bits per heavy atom. The predicted octanol–water partition coefficient (Wildman–Crippen LogP) is 1.17. The minimum absolute atomic E-state index is 0.436. The fourth-order valence-corrected chi connectivity index (χ4v) is 1.59. The van der Waals surface area contributed by atoms with Crippen LogP contribution in [0.2, 0.25) is 0 Å². The van der Waals surface area contributed by atoms with Gasteiger partial charge in [-0.2, -0.15) is 0 Å². The number of ether oxygens (including phenoxy) is 2. The van der Waals surface area contributed by atoms with Gasteiger partial charge in [0.2, 0.25) is 0 Å². The fourth-order valence-electron chi connectivity index (χ4n) is 1.59. The van der Waals surface area contributed by atoms with Gasteiger partial charge in [-0.05, 0) is 12.5 Å². The first-order valence-electron chi connectivity index (χ1n) is 5.60. The van der Waals surface area contributed by atoms with Crippen LogP contribution < -0.4 is 0 Å². The first kappa shape index (κ1) is 13.7. The molecular weight excluding hydrogens is 220 g/mol. The van der Waals surface area contributed by atoms with Gasteiger partial charge in [-0.1, -0.05) is 30.3 Å². The van der Waals surface area contributed by atoms with Gasteiger partial charge < -0.3 is 14.6 Å². The molecule has 1 N–H and O–H groups in total. The summed E-state index contributed by atoms with van der Waals surface area (Å²) in [7, 11) is 1.25. The lowest BCUT2D eigenvalue weighted by Gasteiger charge is -2.21. The molecule has 0 bridgehead atoms. The summed E-state index contributed by atoms with van der Waals surface area (Å²) in [6, 6.07) is 9.58. The molecule has 0 unspecified atom stereocenters. The molecule has 0 saturated carbocycles. The highest BCUT2D eigenvalue weighted by Crippen LogP contribution is 2.10. The van der Waals surface area contributed by atoms with E-state index in [0.717, 1.165) is 5.56 Å². The molecule has 0 aromatic heterocycles. The van der Waals surface area contributed by atoms with E-state index in [2.05, 4.69) is 4.74 Å². The van der Waals surface area contributed by atoms with Crippen LogP contribution in [0.4, 0.5) is 0 Å².